The third kappa shape index (κ3) is 1.41. The Morgan fingerprint density at radius 3 is 2.77 bits per heavy atom. The van der Waals surface area contributed by atoms with Crippen LogP contribution in [-0.4, -0.2) is 19.5 Å². The van der Waals surface area contributed by atoms with Gasteiger partial charge in [-0.15, -0.1) is 0 Å². The van der Waals surface area contributed by atoms with Gasteiger partial charge in [0.15, 0.2) is 5.82 Å². The van der Waals surface area contributed by atoms with Crippen LogP contribution in [0.15, 0.2) is 12.7 Å². The van der Waals surface area contributed by atoms with Crippen molar-refractivity contribution in [2.75, 3.05) is 0 Å². The van der Waals surface area contributed by atoms with Gasteiger partial charge in [0.25, 0.3) is 0 Å². The van der Waals surface area contributed by atoms with Crippen molar-refractivity contribution in [3.05, 3.63) is 16.4 Å². The molecule has 0 fully saturated rings. The van der Waals surface area contributed by atoms with Crippen molar-refractivity contribution >= 4 is 22.6 Å². The summed E-state index contributed by atoms with van der Waals surface area (Å²) in [6, 6.07) is 0.365. The molecule has 0 saturated carbocycles. The summed E-state index contributed by atoms with van der Waals surface area (Å²) in [6.45, 7) is 4.20. The maximum absolute atomic E-state index is 4.25. The second-order valence-corrected chi connectivity index (χ2v) is 4.10. The molecule has 68 valence electrons. The van der Waals surface area contributed by atoms with Crippen LogP contribution in [0.1, 0.15) is 19.9 Å². The Morgan fingerprint density at radius 1 is 1.31 bits per heavy atom. The van der Waals surface area contributed by atoms with Gasteiger partial charge in [0.1, 0.15) is 15.7 Å². The lowest BCUT2D eigenvalue weighted by atomic mass is 10.3. The number of rotatable bonds is 1. The summed E-state index contributed by atoms with van der Waals surface area (Å²) in [5, 5.41) is 0. The lowest BCUT2D eigenvalue weighted by Crippen LogP contribution is -2.08. The highest BCUT2D eigenvalue weighted by atomic mass is 127. The predicted octanol–water partition coefficient (Wildman–Crippen LogP) is 1.96. The van der Waals surface area contributed by atoms with E-state index in [1.165, 1.54) is 0 Å². The van der Waals surface area contributed by atoms with Gasteiger partial charge >= 0.3 is 0 Å². The second kappa shape index (κ2) is 3.21. The van der Waals surface area contributed by atoms with Crippen molar-refractivity contribution in [1.29, 1.82) is 0 Å². The van der Waals surface area contributed by atoms with Crippen LogP contribution in [0.4, 0.5) is 0 Å². The van der Waals surface area contributed by atoms with Crippen molar-refractivity contribution in [3.8, 4) is 11.5 Å². The number of nitrogens with zero attached hydrogens (tertiary/aromatic N) is 4. The Kier molecular flexibility index (Phi) is 2.19. The van der Waals surface area contributed by atoms with Crippen molar-refractivity contribution in [2.45, 2.75) is 19.9 Å². The number of imidazole rings is 1. The summed E-state index contributed by atoms with van der Waals surface area (Å²) < 4.78 is 2.92. The van der Waals surface area contributed by atoms with Gasteiger partial charge in [0.2, 0.25) is 0 Å². The van der Waals surface area contributed by atoms with E-state index in [9.17, 15) is 0 Å². The molecule has 0 radical (unpaired) electrons. The molecule has 0 aromatic rings. The van der Waals surface area contributed by atoms with E-state index < -0.39 is 0 Å². The normalized spacial score (nSPS) is 11.4. The van der Waals surface area contributed by atoms with E-state index in [1.807, 2.05) is 10.9 Å². The third-order valence-electron chi connectivity index (χ3n) is 1.87. The molecule has 0 aromatic heterocycles. The molecule has 4 nitrogen and oxygen atoms in total. The minimum Gasteiger partial charge on any atom is -0.313 e. The maximum Gasteiger partial charge on any atom is 0.164 e. The molecule has 13 heavy (non-hydrogen) atoms. The molecule has 0 N–H and O–H groups in total. The van der Waals surface area contributed by atoms with Crippen LogP contribution in [0.25, 0.3) is 11.5 Å². The first-order chi connectivity index (χ1) is 6.20. The van der Waals surface area contributed by atoms with Crippen LogP contribution < -0.4 is 0 Å². The molecular formula is C8H9IN4. The highest BCUT2D eigenvalue weighted by Gasteiger charge is 2.15. The number of hydrogen-bond donors (Lipinski definition) is 0. The van der Waals surface area contributed by atoms with Crippen LogP contribution in [0.5, 0.6) is 0 Å². The maximum atomic E-state index is 4.25. The molecular weight excluding hydrogens is 279 g/mol. The van der Waals surface area contributed by atoms with Gasteiger partial charge in [0.05, 0.1) is 6.33 Å². The van der Waals surface area contributed by atoms with Crippen LogP contribution in [0.2, 0.25) is 0 Å². The Bertz CT molecular complexity index is 395. The zero-order valence-corrected chi connectivity index (χ0v) is 9.56. The average Bonchev–Trinajstić information content (AvgIpc) is 2.53. The zero-order valence-electron chi connectivity index (χ0n) is 7.40. The molecule has 0 bridgehead atoms. The van der Waals surface area contributed by atoms with E-state index in [4.69, 9.17) is 0 Å². The lowest BCUT2D eigenvalue weighted by molar-refractivity contribution is 0.583. The van der Waals surface area contributed by atoms with Crippen LogP contribution >= 0.6 is 22.6 Å². The fourth-order valence-electron chi connectivity index (χ4n) is 1.20. The minimum absolute atomic E-state index is 0.365. The monoisotopic (exact) mass is 288 g/mol. The standard InChI is InChI=1S/C8H9IN4/c1-5(2)13-4-12-7(9)6-8(13)11-3-10-6/h3-5H,1-2H3. The van der Waals surface area contributed by atoms with Gasteiger partial charge in [-0.3, -0.25) is 0 Å². The highest BCUT2D eigenvalue weighted by Crippen LogP contribution is 2.23. The summed E-state index contributed by atoms with van der Waals surface area (Å²) in [5.41, 5.74) is 0.886. The molecule has 0 atom stereocenters. The van der Waals surface area contributed by atoms with Crippen molar-refractivity contribution in [1.82, 2.24) is 19.5 Å². The Hall–Kier alpha value is -0.720. The van der Waals surface area contributed by atoms with Gasteiger partial charge in [-0.2, -0.15) is 0 Å². The molecule has 0 spiro atoms. The highest BCUT2D eigenvalue weighted by molar-refractivity contribution is 14.1. The van der Waals surface area contributed by atoms with Crippen molar-refractivity contribution < 1.29 is 0 Å². The summed E-state index contributed by atoms with van der Waals surface area (Å²) in [6.07, 6.45) is 3.39. The third-order valence-corrected chi connectivity index (χ3v) is 2.66. The van der Waals surface area contributed by atoms with Gasteiger partial charge in [0, 0.05) is 6.04 Å². The second-order valence-electron chi connectivity index (χ2n) is 3.08. The summed E-state index contributed by atoms with van der Waals surface area (Å²) in [4.78, 5) is 12.6. The topological polar surface area (TPSA) is 43.6 Å². The fourth-order valence-corrected chi connectivity index (χ4v) is 1.71. The van der Waals surface area contributed by atoms with Crippen molar-refractivity contribution in [2.24, 2.45) is 0 Å². The number of aromatic nitrogens is 4. The van der Waals surface area contributed by atoms with E-state index in [0.29, 0.717) is 6.04 Å². The Balaban J connectivity index is 2.68. The van der Waals surface area contributed by atoms with E-state index in [-0.39, 0.29) is 0 Å². The summed E-state index contributed by atoms with van der Waals surface area (Å²) in [7, 11) is 0. The molecule has 2 heterocycles. The van der Waals surface area contributed by atoms with E-state index in [2.05, 4.69) is 51.4 Å². The molecule has 2 aliphatic rings. The molecule has 2 rings (SSSR count). The van der Waals surface area contributed by atoms with Crippen molar-refractivity contribution in [3.63, 3.8) is 0 Å². The van der Waals surface area contributed by atoms with Crippen LogP contribution in [0, 0.1) is 3.70 Å². The molecule has 0 unspecified atom stereocenters. The largest absolute Gasteiger partial charge is 0.313 e. The number of halogens is 1. The fraction of sp³-hybridized carbons (Fsp3) is 0.375. The zero-order chi connectivity index (χ0) is 9.42. The quantitative estimate of drug-likeness (QED) is 0.595. The lowest BCUT2D eigenvalue weighted by Gasteiger charge is -2.13. The van der Waals surface area contributed by atoms with E-state index in [1.54, 1.807) is 6.33 Å². The molecule has 5 heteroatoms. The van der Waals surface area contributed by atoms with Gasteiger partial charge in [-0.25, -0.2) is 15.0 Å². The van der Waals surface area contributed by atoms with E-state index in [0.717, 1.165) is 15.2 Å². The Morgan fingerprint density at radius 2 is 2.08 bits per heavy atom. The first-order valence-electron chi connectivity index (χ1n) is 4.03. The first kappa shape index (κ1) is 8.86. The predicted molar refractivity (Wildman–Crippen MR) is 57.5 cm³/mol. The first-order valence-corrected chi connectivity index (χ1v) is 5.11. The molecule has 0 saturated heterocycles. The molecule has 0 aromatic carbocycles. The van der Waals surface area contributed by atoms with Gasteiger partial charge < -0.3 is 4.57 Å². The van der Waals surface area contributed by atoms with Gasteiger partial charge in [-0.05, 0) is 36.4 Å². The molecule has 0 amide bonds. The Labute approximate surface area is 89.9 Å². The molecule has 2 aliphatic heterocycles. The summed E-state index contributed by atoms with van der Waals surface area (Å²) >= 11 is 2.17. The van der Waals surface area contributed by atoms with Crippen LogP contribution in [0.3, 0.4) is 0 Å². The average molecular weight is 288 g/mol. The molecule has 0 aliphatic carbocycles. The van der Waals surface area contributed by atoms with Gasteiger partial charge in [-0.1, -0.05) is 0 Å². The smallest absolute Gasteiger partial charge is 0.164 e. The minimum atomic E-state index is 0.365. The summed E-state index contributed by atoms with van der Waals surface area (Å²) in [5.74, 6) is 0.911. The number of hydrogen-bond acceptors (Lipinski definition) is 3. The van der Waals surface area contributed by atoms with Crippen LogP contribution in [-0.2, 0) is 0 Å². The van der Waals surface area contributed by atoms with E-state index >= 15 is 0 Å². The number of fused-ring (bicyclic) bond motifs is 1. The SMILES string of the molecule is CC(C)n1cnc(I)c2ncnc1-2.